The number of aryl methyl sites for hydroxylation is 1. The average Bonchev–Trinajstić information content (AvgIpc) is 2.70. The van der Waals surface area contributed by atoms with Crippen LogP contribution < -0.4 is 10.1 Å². The van der Waals surface area contributed by atoms with E-state index in [1.165, 1.54) is 32.3 Å². The molecule has 2 aromatic carbocycles. The summed E-state index contributed by atoms with van der Waals surface area (Å²) in [5, 5.41) is 2.51. The van der Waals surface area contributed by atoms with Gasteiger partial charge in [0.15, 0.2) is 13.2 Å². The molecule has 1 amide bonds. The number of sulfonamides is 1. The van der Waals surface area contributed by atoms with Gasteiger partial charge in [0.1, 0.15) is 5.75 Å². The van der Waals surface area contributed by atoms with Crippen molar-refractivity contribution < 1.29 is 27.5 Å². The van der Waals surface area contributed by atoms with E-state index in [4.69, 9.17) is 9.47 Å². The van der Waals surface area contributed by atoms with Crippen LogP contribution in [-0.2, 0) is 24.3 Å². The lowest BCUT2D eigenvalue weighted by Gasteiger charge is -2.14. The second-order valence-electron chi connectivity index (χ2n) is 7.51. The molecular weight excluding hydrogens is 420 g/mol. The van der Waals surface area contributed by atoms with E-state index in [1.807, 2.05) is 39.0 Å². The number of carbonyl (C=O) groups is 2. The van der Waals surface area contributed by atoms with Crippen molar-refractivity contribution in [1.82, 2.24) is 4.31 Å². The Balaban J connectivity index is 1.90. The summed E-state index contributed by atoms with van der Waals surface area (Å²) < 4.78 is 36.0. The van der Waals surface area contributed by atoms with Crippen molar-refractivity contribution >= 4 is 27.6 Å². The summed E-state index contributed by atoms with van der Waals surface area (Å²) in [5.41, 5.74) is 2.26. The molecule has 0 atom stereocenters. The van der Waals surface area contributed by atoms with E-state index >= 15 is 0 Å². The molecule has 2 aromatic rings. The monoisotopic (exact) mass is 448 g/mol. The van der Waals surface area contributed by atoms with Gasteiger partial charge in [0.2, 0.25) is 10.0 Å². The van der Waals surface area contributed by atoms with Gasteiger partial charge < -0.3 is 14.8 Å². The summed E-state index contributed by atoms with van der Waals surface area (Å²) in [6.07, 6.45) is 0. The van der Waals surface area contributed by atoms with E-state index in [1.54, 1.807) is 6.07 Å². The Bertz CT molecular complexity index is 1050. The Morgan fingerprint density at radius 1 is 1.06 bits per heavy atom. The van der Waals surface area contributed by atoms with Crippen LogP contribution in [0.3, 0.4) is 0 Å². The summed E-state index contributed by atoms with van der Waals surface area (Å²) in [7, 11) is -0.788. The molecule has 0 aliphatic heterocycles. The number of ether oxygens (including phenoxy) is 2. The molecular formula is C22H28N2O6S. The van der Waals surface area contributed by atoms with Crippen LogP contribution in [-0.4, -0.2) is 51.9 Å². The number of carbonyl (C=O) groups excluding carboxylic acids is 2. The van der Waals surface area contributed by atoms with Crippen LogP contribution in [0, 0.1) is 6.92 Å². The first kappa shape index (κ1) is 24.4. The minimum absolute atomic E-state index is 0.0415. The summed E-state index contributed by atoms with van der Waals surface area (Å²) in [4.78, 5) is 24.1. The number of anilines is 1. The highest BCUT2D eigenvalue weighted by molar-refractivity contribution is 7.89. The van der Waals surface area contributed by atoms with Crippen LogP contribution in [0.4, 0.5) is 5.69 Å². The van der Waals surface area contributed by atoms with E-state index in [0.29, 0.717) is 5.75 Å². The number of rotatable bonds is 9. The van der Waals surface area contributed by atoms with Gasteiger partial charge in [-0.15, -0.1) is 0 Å². The largest absolute Gasteiger partial charge is 0.482 e. The fourth-order valence-corrected chi connectivity index (χ4v) is 3.66. The third kappa shape index (κ3) is 6.80. The quantitative estimate of drug-likeness (QED) is 0.592. The fourth-order valence-electron chi connectivity index (χ4n) is 2.71. The Morgan fingerprint density at radius 2 is 1.77 bits per heavy atom. The maximum atomic E-state index is 12.2. The molecule has 1 N–H and O–H groups in total. The molecule has 0 unspecified atom stereocenters. The van der Waals surface area contributed by atoms with Gasteiger partial charge in [0, 0.05) is 19.8 Å². The van der Waals surface area contributed by atoms with Crippen LogP contribution >= 0.6 is 0 Å². The van der Waals surface area contributed by atoms with Crippen molar-refractivity contribution in [3.8, 4) is 5.75 Å². The van der Waals surface area contributed by atoms with Gasteiger partial charge in [-0.05, 0) is 48.2 Å². The molecule has 0 radical (unpaired) electrons. The molecule has 0 saturated carbocycles. The standard InChI is InChI=1S/C22H28N2O6S/c1-15(2)19-10-9-16(3)11-20(19)29-14-22(26)30-13-21(25)23-17-7-6-8-18(12-17)31(27,28)24(4)5/h6-12,15H,13-14H2,1-5H3,(H,23,25). The van der Waals surface area contributed by atoms with Gasteiger partial charge >= 0.3 is 5.97 Å². The van der Waals surface area contributed by atoms with E-state index in [9.17, 15) is 18.0 Å². The predicted molar refractivity (Wildman–Crippen MR) is 118 cm³/mol. The van der Waals surface area contributed by atoms with E-state index in [-0.39, 0.29) is 23.1 Å². The Morgan fingerprint density at radius 3 is 2.42 bits per heavy atom. The third-order valence-electron chi connectivity index (χ3n) is 4.40. The topological polar surface area (TPSA) is 102 Å². The van der Waals surface area contributed by atoms with Crippen molar-refractivity contribution in [3.05, 3.63) is 53.6 Å². The predicted octanol–water partition coefficient (Wildman–Crippen LogP) is 2.93. The normalized spacial score (nSPS) is 11.5. The lowest BCUT2D eigenvalue weighted by atomic mass is 10.0. The van der Waals surface area contributed by atoms with Gasteiger partial charge in [0.05, 0.1) is 4.90 Å². The van der Waals surface area contributed by atoms with E-state index < -0.39 is 28.5 Å². The Labute approximate surface area is 183 Å². The molecule has 0 fully saturated rings. The summed E-state index contributed by atoms with van der Waals surface area (Å²) >= 11 is 0. The summed E-state index contributed by atoms with van der Waals surface area (Å²) in [6.45, 7) is 5.14. The Kier molecular flexibility index (Phi) is 8.18. The first-order valence-corrected chi connectivity index (χ1v) is 11.2. The minimum Gasteiger partial charge on any atom is -0.482 e. The highest BCUT2D eigenvalue weighted by atomic mass is 32.2. The van der Waals surface area contributed by atoms with Crippen LogP contribution in [0.5, 0.6) is 5.75 Å². The number of nitrogens with one attached hydrogen (secondary N) is 1. The fraction of sp³-hybridized carbons (Fsp3) is 0.364. The molecule has 9 heteroatoms. The molecule has 0 spiro atoms. The summed E-state index contributed by atoms with van der Waals surface area (Å²) in [6, 6.07) is 11.6. The van der Waals surface area contributed by atoms with E-state index in [2.05, 4.69) is 5.32 Å². The number of esters is 1. The smallest absolute Gasteiger partial charge is 0.344 e. The van der Waals surface area contributed by atoms with Crippen molar-refractivity contribution in [2.75, 3.05) is 32.6 Å². The third-order valence-corrected chi connectivity index (χ3v) is 6.21. The molecule has 0 aliphatic carbocycles. The first-order chi connectivity index (χ1) is 14.5. The zero-order chi connectivity index (χ0) is 23.2. The number of nitrogens with zero attached hydrogens (tertiary/aromatic N) is 1. The molecule has 2 rings (SSSR count). The molecule has 0 saturated heterocycles. The van der Waals surface area contributed by atoms with Crippen molar-refractivity contribution in [2.24, 2.45) is 0 Å². The molecule has 31 heavy (non-hydrogen) atoms. The highest BCUT2D eigenvalue weighted by Gasteiger charge is 2.18. The number of benzene rings is 2. The number of hydrogen-bond acceptors (Lipinski definition) is 6. The maximum absolute atomic E-state index is 12.2. The van der Waals surface area contributed by atoms with Gasteiger partial charge in [-0.25, -0.2) is 17.5 Å². The molecule has 168 valence electrons. The van der Waals surface area contributed by atoms with Crippen LogP contribution in [0.25, 0.3) is 0 Å². The van der Waals surface area contributed by atoms with Crippen LogP contribution in [0.2, 0.25) is 0 Å². The second-order valence-corrected chi connectivity index (χ2v) is 9.66. The van der Waals surface area contributed by atoms with Gasteiger partial charge in [-0.1, -0.05) is 32.0 Å². The summed E-state index contributed by atoms with van der Waals surface area (Å²) in [5.74, 6) is -0.443. The first-order valence-electron chi connectivity index (χ1n) is 9.72. The van der Waals surface area contributed by atoms with Crippen LogP contribution in [0.1, 0.15) is 30.9 Å². The molecule has 0 aliphatic rings. The van der Waals surface area contributed by atoms with Gasteiger partial charge in [0.25, 0.3) is 5.91 Å². The van der Waals surface area contributed by atoms with Gasteiger partial charge in [-0.2, -0.15) is 0 Å². The molecule has 8 nitrogen and oxygen atoms in total. The molecule has 0 bridgehead atoms. The SMILES string of the molecule is Cc1ccc(C(C)C)c(OCC(=O)OCC(=O)Nc2cccc(S(=O)(=O)N(C)C)c2)c1. The molecule has 0 heterocycles. The zero-order valence-corrected chi connectivity index (χ0v) is 19.2. The Hall–Kier alpha value is -2.91. The second kappa shape index (κ2) is 10.4. The minimum atomic E-state index is -3.63. The lowest BCUT2D eigenvalue weighted by molar-refractivity contribution is -0.149. The van der Waals surface area contributed by atoms with Crippen molar-refractivity contribution in [3.63, 3.8) is 0 Å². The number of hydrogen-bond donors (Lipinski definition) is 1. The highest BCUT2D eigenvalue weighted by Crippen LogP contribution is 2.27. The van der Waals surface area contributed by atoms with Crippen LogP contribution in [0.15, 0.2) is 47.4 Å². The van der Waals surface area contributed by atoms with Crippen molar-refractivity contribution in [2.45, 2.75) is 31.6 Å². The number of amides is 1. The average molecular weight is 449 g/mol. The lowest BCUT2D eigenvalue weighted by Crippen LogP contribution is -2.24. The van der Waals surface area contributed by atoms with Gasteiger partial charge in [-0.3, -0.25) is 4.79 Å². The van der Waals surface area contributed by atoms with Crippen molar-refractivity contribution in [1.29, 1.82) is 0 Å². The molecule has 0 aromatic heterocycles. The zero-order valence-electron chi connectivity index (χ0n) is 18.3. The van der Waals surface area contributed by atoms with E-state index in [0.717, 1.165) is 15.4 Å². The maximum Gasteiger partial charge on any atom is 0.344 e.